The van der Waals surface area contributed by atoms with Crippen LogP contribution in [0.5, 0.6) is 5.75 Å². The Morgan fingerprint density at radius 1 is 1.03 bits per heavy atom. The number of thioether (sulfide) groups is 1. The van der Waals surface area contributed by atoms with Crippen LogP contribution in [-0.2, 0) is 11.3 Å². The second-order valence-electron chi connectivity index (χ2n) is 9.21. The summed E-state index contributed by atoms with van der Waals surface area (Å²) in [7, 11) is 1.65. The lowest BCUT2D eigenvalue weighted by atomic mass is 10.1. The first-order valence-corrected chi connectivity index (χ1v) is 13.4. The summed E-state index contributed by atoms with van der Waals surface area (Å²) >= 11 is 1.32. The Morgan fingerprint density at radius 2 is 1.76 bits per heavy atom. The summed E-state index contributed by atoms with van der Waals surface area (Å²) in [6, 6.07) is 22.2. The van der Waals surface area contributed by atoms with Crippen molar-refractivity contribution in [2.45, 2.75) is 25.8 Å². The number of aliphatic imine (C=N–C) groups is 1. The fraction of sp³-hybridized carbons (Fsp3) is 0.233. The summed E-state index contributed by atoms with van der Waals surface area (Å²) in [5.74, 6) is -0.423. The topological polar surface area (TPSA) is 82.4 Å². The highest BCUT2D eigenvalue weighted by Gasteiger charge is 2.34. The van der Waals surface area contributed by atoms with Crippen molar-refractivity contribution in [1.29, 1.82) is 0 Å². The van der Waals surface area contributed by atoms with Gasteiger partial charge in [-0.3, -0.25) is 9.69 Å². The molecule has 0 bridgehead atoms. The molecule has 2 saturated heterocycles. The molecule has 2 heterocycles. The molecule has 0 spiro atoms. The molecule has 0 aliphatic carbocycles. The highest BCUT2D eigenvalue weighted by atomic mass is 32.2. The number of ether oxygens (including phenoxy) is 1. The quantitative estimate of drug-likeness (QED) is 0.369. The third-order valence-electron chi connectivity index (χ3n) is 6.64. The number of hydrogen-bond donors (Lipinski definition) is 1. The van der Waals surface area contributed by atoms with Crippen LogP contribution in [0.4, 0.5) is 11.4 Å². The Balaban J connectivity index is 1.45. The number of amides is 1. The largest absolute Gasteiger partial charge is 0.496 e. The Bertz CT molecular complexity index is 1380. The number of carboxylic acid groups (broad SMARTS) is 1. The van der Waals surface area contributed by atoms with Crippen LogP contribution in [-0.4, -0.2) is 47.2 Å². The van der Waals surface area contributed by atoms with E-state index in [4.69, 9.17) is 9.73 Å². The van der Waals surface area contributed by atoms with Gasteiger partial charge >= 0.3 is 5.97 Å². The molecule has 5 rings (SSSR count). The molecule has 2 fully saturated rings. The summed E-state index contributed by atoms with van der Waals surface area (Å²) < 4.78 is 5.71. The van der Waals surface area contributed by atoms with E-state index in [1.165, 1.54) is 31.0 Å². The molecule has 2 aliphatic heterocycles. The fourth-order valence-corrected chi connectivity index (χ4v) is 5.58. The van der Waals surface area contributed by atoms with Crippen LogP contribution in [0.15, 0.2) is 82.7 Å². The Labute approximate surface area is 226 Å². The molecule has 3 aromatic rings. The van der Waals surface area contributed by atoms with Gasteiger partial charge in [-0.15, -0.1) is 0 Å². The van der Waals surface area contributed by atoms with Gasteiger partial charge in [-0.2, -0.15) is 0 Å². The third kappa shape index (κ3) is 5.75. The minimum atomic E-state index is -0.985. The molecular weight excluding hydrogens is 498 g/mol. The molecule has 1 amide bonds. The van der Waals surface area contributed by atoms with E-state index in [9.17, 15) is 14.7 Å². The SMILES string of the molecule is COc1cc(N2CCCCC2)ccc1/C=C1\SC(=Nc2ccccc2)N(Cc2ccc(C(=O)O)cc2)C1=O. The summed E-state index contributed by atoms with van der Waals surface area (Å²) in [6.45, 7) is 2.36. The molecule has 8 heteroatoms. The lowest BCUT2D eigenvalue weighted by Crippen LogP contribution is -2.29. The molecule has 1 N–H and O–H groups in total. The fourth-order valence-electron chi connectivity index (χ4n) is 4.59. The molecule has 38 heavy (non-hydrogen) atoms. The van der Waals surface area contributed by atoms with Gasteiger partial charge in [-0.25, -0.2) is 9.79 Å². The number of carboxylic acids is 1. The maximum absolute atomic E-state index is 13.6. The van der Waals surface area contributed by atoms with E-state index in [-0.39, 0.29) is 18.0 Å². The first kappa shape index (κ1) is 25.6. The van der Waals surface area contributed by atoms with Gasteiger partial charge in [0.1, 0.15) is 5.75 Å². The summed E-state index contributed by atoms with van der Waals surface area (Å²) in [6.07, 6.45) is 5.51. The van der Waals surface area contributed by atoms with Gasteiger partial charge in [-0.1, -0.05) is 30.3 Å². The van der Waals surface area contributed by atoms with Gasteiger partial charge in [0.25, 0.3) is 5.91 Å². The van der Waals surface area contributed by atoms with Gasteiger partial charge in [-0.05, 0) is 79.1 Å². The van der Waals surface area contributed by atoms with Crippen molar-refractivity contribution in [3.05, 3.63) is 94.4 Å². The number of aromatic carboxylic acids is 1. The molecule has 0 aromatic heterocycles. The molecule has 0 radical (unpaired) electrons. The molecule has 7 nitrogen and oxygen atoms in total. The van der Waals surface area contributed by atoms with E-state index in [0.29, 0.717) is 10.1 Å². The maximum atomic E-state index is 13.6. The van der Waals surface area contributed by atoms with Gasteiger partial charge in [0, 0.05) is 30.4 Å². The van der Waals surface area contributed by atoms with E-state index in [2.05, 4.69) is 11.0 Å². The second-order valence-corrected chi connectivity index (χ2v) is 10.2. The number of piperidine rings is 1. The Morgan fingerprint density at radius 3 is 2.45 bits per heavy atom. The number of benzene rings is 3. The van der Waals surface area contributed by atoms with Gasteiger partial charge in [0.2, 0.25) is 0 Å². The highest BCUT2D eigenvalue weighted by Crippen LogP contribution is 2.37. The van der Waals surface area contributed by atoms with Crippen LogP contribution in [0, 0.1) is 0 Å². The van der Waals surface area contributed by atoms with Crippen LogP contribution in [0.25, 0.3) is 6.08 Å². The van der Waals surface area contributed by atoms with E-state index in [1.807, 2.05) is 48.5 Å². The molecule has 0 saturated carbocycles. The van der Waals surface area contributed by atoms with Crippen molar-refractivity contribution in [1.82, 2.24) is 4.90 Å². The van der Waals surface area contributed by atoms with Gasteiger partial charge in [0.15, 0.2) is 5.17 Å². The van der Waals surface area contributed by atoms with Crippen molar-refractivity contribution < 1.29 is 19.4 Å². The summed E-state index contributed by atoms with van der Waals surface area (Å²) in [5, 5.41) is 9.78. The monoisotopic (exact) mass is 527 g/mol. The first-order chi connectivity index (χ1) is 18.5. The minimum absolute atomic E-state index is 0.158. The van der Waals surface area contributed by atoms with Gasteiger partial charge < -0.3 is 14.7 Å². The Kier molecular flexibility index (Phi) is 7.79. The number of carbonyl (C=O) groups is 2. The third-order valence-corrected chi connectivity index (χ3v) is 7.64. The zero-order chi connectivity index (χ0) is 26.5. The molecule has 194 valence electrons. The van der Waals surface area contributed by atoms with E-state index in [0.717, 1.165) is 41.3 Å². The highest BCUT2D eigenvalue weighted by molar-refractivity contribution is 8.18. The lowest BCUT2D eigenvalue weighted by molar-refractivity contribution is -0.122. The number of carbonyl (C=O) groups excluding carboxylic acids is 1. The van der Waals surface area contributed by atoms with Crippen molar-refractivity contribution in [3.8, 4) is 5.75 Å². The summed E-state index contributed by atoms with van der Waals surface area (Å²) in [5.41, 5.74) is 3.73. The zero-order valence-electron chi connectivity index (χ0n) is 21.2. The van der Waals surface area contributed by atoms with E-state index in [1.54, 1.807) is 36.3 Å². The standard InChI is InChI=1S/C30H29N3O4S/c1-37-26-19-25(32-16-6-3-7-17-32)15-14-23(26)18-27-28(34)33(20-21-10-12-22(13-11-21)29(35)36)30(38-27)31-24-8-4-2-5-9-24/h2,4-5,8-15,18-19H,3,6-7,16-17,20H2,1H3,(H,35,36)/b27-18-,31-30?. The van der Waals surface area contributed by atoms with E-state index >= 15 is 0 Å². The predicted molar refractivity (Wildman–Crippen MR) is 152 cm³/mol. The van der Waals surface area contributed by atoms with Crippen LogP contribution in [0.1, 0.15) is 40.7 Å². The predicted octanol–water partition coefficient (Wildman–Crippen LogP) is 6.19. The zero-order valence-corrected chi connectivity index (χ0v) is 22.0. The number of anilines is 1. The van der Waals surface area contributed by atoms with Crippen molar-refractivity contribution in [3.63, 3.8) is 0 Å². The molecule has 3 aromatic carbocycles. The van der Waals surface area contributed by atoms with Crippen LogP contribution in [0.3, 0.4) is 0 Å². The number of rotatable bonds is 7. The second kappa shape index (κ2) is 11.6. The average molecular weight is 528 g/mol. The van der Waals surface area contributed by atoms with Gasteiger partial charge in [0.05, 0.1) is 29.8 Å². The molecular formula is C30H29N3O4S. The maximum Gasteiger partial charge on any atom is 0.335 e. The molecule has 0 unspecified atom stereocenters. The minimum Gasteiger partial charge on any atom is -0.496 e. The number of nitrogens with zero attached hydrogens (tertiary/aromatic N) is 3. The number of methoxy groups -OCH3 is 1. The number of amidine groups is 1. The Hall–Kier alpha value is -4.04. The number of para-hydroxylation sites is 1. The summed E-state index contributed by atoms with van der Waals surface area (Å²) in [4.78, 5) is 34.2. The van der Waals surface area contributed by atoms with Crippen LogP contribution < -0.4 is 9.64 Å². The van der Waals surface area contributed by atoms with Crippen molar-refractivity contribution in [2.75, 3.05) is 25.1 Å². The lowest BCUT2D eigenvalue weighted by Gasteiger charge is -2.29. The molecule has 0 atom stereocenters. The average Bonchev–Trinajstić information content (AvgIpc) is 3.23. The van der Waals surface area contributed by atoms with Crippen molar-refractivity contribution in [2.24, 2.45) is 4.99 Å². The number of hydrogen-bond acceptors (Lipinski definition) is 6. The smallest absolute Gasteiger partial charge is 0.335 e. The normalized spacial score (nSPS) is 17.9. The first-order valence-electron chi connectivity index (χ1n) is 12.6. The van der Waals surface area contributed by atoms with Crippen LogP contribution >= 0.6 is 11.8 Å². The van der Waals surface area contributed by atoms with Crippen LogP contribution in [0.2, 0.25) is 0 Å². The molecule has 2 aliphatic rings. The van der Waals surface area contributed by atoms with E-state index < -0.39 is 5.97 Å². The van der Waals surface area contributed by atoms with Crippen molar-refractivity contribution >= 4 is 46.3 Å².